The van der Waals surface area contributed by atoms with Crippen LogP contribution in [0.1, 0.15) is 10.4 Å². The molecule has 0 saturated carbocycles. The molecule has 7 heteroatoms. The van der Waals surface area contributed by atoms with E-state index in [1.807, 2.05) is 0 Å². The van der Waals surface area contributed by atoms with Gasteiger partial charge in [0.15, 0.2) is 0 Å². The van der Waals surface area contributed by atoms with Crippen LogP contribution >= 0.6 is 55.1 Å². The van der Waals surface area contributed by atoms with Gasteiger partial charge in [-0.05, 0) is 62.2 Å². The van der Waals surface area contributed by atoms with E-state index >= 15 is 0 Å². The molecule has 0 atom stereocenters. The van der Waals surface area contributed by atoms with Crippen molar-refractivity contribution in [2.75, 3.05) is 5.32 Å². The summed E-state index contributed by atoms with van der Waals surface area (Å²) in [7, 11) is 0. The number of nitrogens with one attached hydrogen (secondary N) is 1. The van der Waals surface area contributed by atoms with Crippen molar-refractivity contribution in [1.82, 2.24) is 0 Å². The summed E-state index contributed by atoms with van der Waals surface area (Å²) >= 11 is 18.1. The van der Waals surface area contributed by atoms with E-state index in [9.17, 15) is 9.90 Å². The highest BCUT2D eigenvalue weighted by Crippen LogP contribution is 2.40. The molecule has 104 valence electrons. The Hall–Kier alpha value is -0.750. The van der Waals surface area contributed by atoms with Crippen LogP contribution in [0.5, 0.6) is 5.75 Å². The van der Waals surface area contributed by atoms with Gasteiger partial charge in [-0.25, -0.2) is 0 Å². The van der Waals surface area contributed by atoms with Gasteiger partial charge in [-0.2, -0.15) is 0 Å². The fourth-order valence-corrected chi connectivity index (χ4v) is 2.88. The van der Waals surface area contributed by atoms with E-state index in [-0.39, 0.29) is 15.8 Å². The summed E-state index contributed by atoms with van der Waals surface area (Å²) in [6.45, 7) is 0. The van der Waals surface area contributed by atoms with Crippen LogP contribution in [0.4, 0.5) is 5.69 Å². The standard InChI is InChI=1S/C13H7Br2Cl2NO2/c14-9-5-8(12(19)10(15)11(9)17)13(20)18-7-3-1-6(16)2-4-7/h1-5,19H,(H,18,20). The van der Waals surface area contributed by atoms with Gasteiger partial charge in [0, 0.05) is 15.2 Å². The molecular formula is C13H7Br2Cl2NO2. The average Bonchev–Trinajstić information content (AvgIpc) is 2.43. The van der Waals surface area contributed by atoms with Gasteiger partial charge in [0.25, 0.3) is 5.91 Å². The van der Waals surface area contributed by atoms with Gasteiger partial charge in [0.2, 0.25) is 0 Å². The SMILES string of the molecule is O=C(Nc1ccc(Cl)cc1)c1cc(Br)c(Cl)c(Br)c1O. The van der Waals surface area contributed by atoms with Crippen LogP contribution in [0.3, 0.4) is 0 Å². The quantitative estimate of drug-likeness (QED) is 0.609. The zero-order valence-corrected chi connectivity index (χ0v) is 14.4. The highest BCUT2D eigenvalue weighted by molar-refractivity contribution is 9.11. The molecule has 0 unspecified atom stereocenters. The van der Waals surface area contributed by atoms with E-state index in [0.29, 0.717) is 20.2 Å². The molecule has 20 heavy (non-hydrogen) atoms. The summed E-state index contributed by atoms with van der Waals surface area (Å²) in [5, 5.41) is 13.5. The van der Waals surface area contributed by atoms with Gasteiger partial charge in [-0.1, -0.05) is 23.2 Å². The third-order valence-corrected chi connectivity index (χ3v) is 4.98. The maximum Gasteiger partial charge on any atom is 0.259 e. The lowest BCUT2D eigenvalue weighted by atomic mass is 10.2. The fraction of sp³-hybridized carbons (Fsp3) is 0. The highest BCUT2D eigenvalue weighted by Gasteiger charge is 2.18. The summed E-state index contributed by atoms with van der Waals surface area (Å²) in [4.78, 5) is 12.1. The summed E-state index contributed by atoms with van der Waals surface area (Å²) in [6.07, 6.45) is 0. The van der Waals surface area contributed by atoms with Crippen molar-refractivity contribution in [2.24, 2.45) is 0 Å². The van der Waals surface area contributed by atoms with E-state index in [4.69, 9.17) is 23.2 Å². The molecule has 0 aliphatic heterocycles. The second-order valence-corrected chi connectivity index (χ2v) is 6.31. The number of phenolic OH excluding ortho intramolecular Hbond substituents is 1. The van der Waals surface area contributed by atoms with E-state index in [2.05, 4.69) is 37.2 Å². The minimum atomic E-state index is -0.456. The van der Waals surface area contributed by atoms with E-state index in [1.165, 1.54) is 6.07 Å². The molecule has 0 heterocycles. The van der Waals surface area contributed by atoms with Crippen molar-refractivity contribution in [2.45, 2.75) is 0 Å². The number of rotatable bonds is 2. The Balaban J connectivity index is 2.32. The van der Waals surface area contributed by atoms with Crippen LogP contribution in [0.15, 0.2) is 39.3 Å². The van der Waals surface area contributed by atoms with E-state index in [0.717, 1.165) is 0 Å². The number of halogens is 4. The van der Waals surface area contributed by atoms with E-state index < -0.39 is 5.91 Å². The monoisotopic (exact) mass is 437 g/mol. The van der Waals surface area contributed by atoms with Crippen molar-refractivity contribution in [3.63, 3.8) is 0 Å². The van der Waals surface area contributed by atoms with Crippen LogP contribution < -0.4 is 5.32 Å². The van der Waals surface area contributed by atoms with Gasteiger partial charge in [0.1, 0.15) is 5.75 Å². The van der Waals surface area contributed by atoms with Crippen LogP contribution in [-0.2, 0) is 0 Å². The number of benzene rings is 2. The average molecular weight is 440 g/mol. The molecule has 2 aromatic carbocycles. The molecule has 1 amide bonds. The lowest BCUT2D eigenvalue weighted by molar-refractivity contribution is 0.102. The summed E-state index contributed by atoms with van der Waals surface area (Å²) in [6, 6.07) is 8.09. The number of anilines is 1. The Morgan fingerprint density at radius 3 is 2.35 bits per heavy atom. The van der Waals surface area contributed by atoms with Crippen molar-refractivity contribution in [3.8, 4) is 5.75 Å². The Kier molecular flexibility index (Phi) is 4.96. The van der Waals surface area contributed by atoms with Crippen molar-refractivity contribution >= 4 is 66.7 Å². The van der Waals surface area contributed by atoms with E-state index in [1.54, 1.807) is 24.3 Å². The van der Waals surface area contributed by atoms with Gasteiger partial charge >= 0.3 is 0 Å². The molecule has 0 aliphatic carbocycles. The molecule has 0 aromatic heterocycles. The fourth-order valence-electron chi connectivity index (χ4n) is 1.49. The van der Waals surface area contributed by atoms with Crippen molar-refractivity contribution in [3.05, 3.63) is 54.9 Å². The minimum absolute atomic E-state index is 0.100. The summed E-state index contributed by atoms with van der Waals surface area (Å²) in [5.41, 5.74) is 0.670. The minimum Gasteiger partial charge on any atom is -0.506 e. The predicted octanol–water partition coefficient (Wildman–Crippen LogP) is 5.48. The molecule has 0 fully saturated rings. The van der Waals surface area contributed by atoms with Gasteiger partial charge < -0.3 is 10.4 Å². The molecule has 0 spiro atoms. The lowest BCUT2D eigenvalue weighted by Crippen LogP contribution is -2.12. The lowest BCUT2D eigenvalue weighted by Gasteiger charge is -2.10. The Morgan fingerprint density at radius 1 is 1.15 bits per heavy atom. The molecule has 2 N–H and O–H groups in total. The number of hydrogen-bond acceptors (Lipinski definition) is 2. The zero-order valence-electron chi connectivity index (χ0n) is 9.75. The third-order valence-electron chi connectivity index (χ3n) is 2.48. The first-order chi connectivity index (χ1) is 9.40. The predicted molar refractivity (Wildman–Crippen MR) is 87.9 cm³/mol. The highest BCUT2D eigenvalue weighted by atomic mass is 79.9. The molecule has 2 aromatic rings. The largest absolute Gasteiger partial charge is 0.506 e. The molecule has 0 radical (unpaired) electrons. The Morgan fingerprint density at radius 2 is 1.75 bits per heavy atom. The number of phenols is 1. The number of aromatic hydroxyl groups is 1. The molecule has 0 bridgehead atoms. The topological polar surface area (TPSA) is 49.3 Å². The summed E-state index contributed by atoms with van der Waals surface area (Å²) < 4.78 is 0.764. The molecule has 3 nitrogen and oxygen atoms in total. The molecule has 2 rings (SSSR count). The van der Waals surface area contributed by atoms with Crippen LogP contribution in [0.2, 0.25) is 10.0 Å². The number of hydrogen-bond donors (Lipinski definition) is 2. The Bertz CT molecular complexity index is 675. The smallest absolute Gasteiger partial charge is 0.259 e. The third kappa shape index (κ3) is 3.28. The normalized spacial score (nSPS) is 10.4. The second-order valence-electron chi connectivity index (χ2n) is 3.84. The number of carbonyl (C=O) groups excluding carboxylic acids is 1. The van der Waals surface area contributed by atoms with Gasteiger partial charge in [0.05, 0.1) is 15.1 Å². The maximum atomic E-state index is 12.1. The molecule has 0 saturated heterocycles. The van der Waals surface area contributed by atoms with Crippen LogP contribution in [0, 0.1) is 0 Å². The first kappa shape index (κ1) is 15.6. The van der Waals surface area contributed by atoms with Gasteiger partial charge in [-0.15, -0.1) is 0 Å². The van der Waals surface area contributed by atoms with Crippen LogP contribution in [0.25, 0.3) is 0 Å². The summed E-state index contributed by atoms with van der Waals surface area (Å²) in [5.74, 6) is -0.674. The number of carbonyl (C=O) groups is 1. The first-order valence-corrected chi connectivity index (χ1v) is 7.67. The maximum absolute atomic E-state index is 12.1. The van der Waals surface area contributed by atoms with Crippen LogP contribution in [-0.4, -0.2) is 11.0 Å². The van der Waals surface area contributed by atoms with Gasteiger partial charge in [-0.3, -0.25) is 4.79 Å². The first-order valence-electron chi connectivity index (χ1n) is 5.33. The second kappa shape index (κ2) is 6.35. The molecular weight excluding hydrogens is 433 g/mol. The molecule has 0 aliphatic rings. The number of amides is 1. The van der Waals surface area contributed by atoms with Crippen molar-refractivity contribution < 1.29 is 9.90 Å². The Labute approximate surface area is 142 Å². The zero-order chi connectivity index (χ0) is 14.9. The van der Waals surface area contributed by atoms with Crippen molar-refractivity contribution in [1.29, 1.82) is 0 Å².